The Balaban J connectivity index is 2.28. The van der Waals surface area contributed by atoms with Gasteiger partial charge in [0.1, 0.15) is 5.56 Å². The zero-order chi connectivity index (χ0) is 13.8. The number of carbonyl (C=O) groups is 1. The highest BCUT2D eigenvalue weighted by Gasteiger charge is 2.13. The Morgan fingerprint density at radius 2 is 2.05 bits per heavy atom. The van der Waals surface area contributed by atoms with Crippen molar-refractivity contribution in [2.24, 2.45) is 0 Å². The molecule has 0 unspecified atom stereocenters. The van der Waals surface area contributed by atoms with E-state index in [1.54, 1.807) is 12.3 Å². The van der Waals surface area contributed by atoms with E-state index in [-0.39, 0.29) is 5.56 Å². The minimum absolute atomic E-state index is 0.221. The molecular formula is C15H16N2O2. The number of benzene rings is 1. The number of nitrogens with zero attached hydrogens (tertiary/aromatic N) is 2. The van der Waals surface area contributed by atoms with Crippen LogP contribution in [0, 0.1) is 6.92 Å². The lowest BCUT2D eigenvalue weighted by atomic mass is 10.1. The summed E-state index contributed by atoms with van der Waals surface area (Å²) in [5.41, 5.74) is 3.27. The fraction of sp³-hybridized carbons (Fsp3) is 0.200. The maximum atomic E-state index is 11.2. The maximum Gasteiger partial charge on any atom is 0.339 e. The highest BCUT2D eigenvalue weighted by molar-refractivity contribution is 5.93. The average molecular weight is 256 g/mol. The van der Waals surface area contributed by atoms with E-state index < -0.39 is 5.97 Å². The molecule has 0 amide bonds. The van der Waals surface area contributed by atoms with Gasteiger partial charge in [0.05, 0.1) is 5.69 Å². The van der Waals surface area contributed by atoms with Gasteiger partial charge >= 0.3 is 5.97 Å². The van der Waals surface area contributed by atoms with Gasteiger partial charge < -0.3 is 10.0 Å². The fourth-order valence-corrected chi connectivity index (χ4v) is 2.01. The Kier molecular flexibility index (Phi) is 3.80. The summed E-state index contributed by atoms with van der Waals surface area (Å²) >= 11 is 0. The lowest BCUT2D eigenvalue weighted by Gasteiger charge is -2.21. The molecule has 0 spiro atoms. The monoisotopic (exact) mass is 256 g/mol. The Hall–Kier alpha value is -2.36. The fourth-order valence-electron chi connectivity index (χ4n) is 2.01. The molecule has 0 atom stereocenters. The zero-order valence-corrected chi connectivity index (χ0v) is 11.0. The van der Waals surface area contributed by atoms with Gasteiger partial charge in [0.2, 0.25) is 0 Å². The molecule has 1 aromatic carbocycles. The second kappa shape index (κ2) is 5.52. The Morgan fingerprint density at radius 3 is 2.74 bits per heavy atom. The molecule has 0 aliphatic carbocycles. The van der Waals surface area contributed by atoms with Gasteiger partial charge in [-0.05, 0) is 24.1 Å². The van der Waals surface area contributed by atoms with Crippen molar-refractivity contribution in [3.05, 3.63) is 59.4 Å². The molecule has 0 aliphatic heterocycles. The van der Waals surface area contributed by atoms with E-state index in [4.69, 9.17) is 5.11 Å². The molecule has 98 valence electrons. The molecular weight excluding hydrogens is 240 g/mol. The molecule has 0 saturated heterocycles. The standard InChI is InChI=1S/C15H16N2O2/c1-11-5-3-4-6-12(11)10-17(2)14-7-8-16-9-13(14)15(18)19/h3-9H,10H2,1-2H3,(H,18,19). The van der Waals surface area contributed by atoms with E-state index in [0.29, 0.717) is 12.2 Å². The van der Waals surface area contributed by atoms with Crippen LogP contribution in [0.3, 0.4) is 0 Å². The van der Waals surface area contributed by atoms with Crippen molar-refractivity contribution >= 4 is 11.7 Å². The van der Waals surface area contributed by atoms with E-state index in [1.165, 1.54) is 17.3 Å². The van der Waals surface area contributed by atoms with E-state index in [9.17, 15) is 4.79 Å². The van der Waals surface area contributed by atoms with Crippen molar-refractivity contribution in [2.75, 3.05) is 11.9 Å². The van der Waals surface area contributed by atoms with Gasteiger partial charge in [0.15, 0.2) is 0 Å². The third kappa shape index (κ3) is 2.91. The molecule has 1 N–H and O–H groups in total. The molecule has 0 fully saturated rings. The third-order valence-electron chi connectivity index (χ3n) is 3.11. The quantitative estimate of drug-likeness (QED) is 0.913. The van der Waals surface area contributed by atoms with Crippen LogP contribution in [0.4, 0.5) is 5.69 Å². The van der Waals surface area contributed by atoms with Crippen LogP contribution >= 0.6 is 0 Å². The number of aromatic carboxylic acids is 1. The van der Waals surface area contributed by atoms with Crippen LogP contribution in [-0.4, -0.2) is 23.1 Å². The van der Waals surface area contributed by atoms with Crippen molar-refractivity contribution in [3.63, 3.8) is 0 Å². The number of rotatable bonds is 4. The van der Waals surface area contributed by atoms with E-state index in [2.05, 4.69) is 4.98 Å². The number of hydrogen-bond acceptors (Lipinski definition) is 3. The first-order valence-corrected chi connectivity index (χ1v) is 6.02. The summed E-state index contributed by atoms with van der Waals surface area (Å²) in [6, 6.07) is 9.80. The van der Waals surface area contributed by atoms with Crippen LogP contribution in [0.25, 0.3) is 0 Å². The van der Waals surface area contributed by atoms with Crippen molar-refractivity contribution in [3.8, 4) is 0 Å². The highest BCUT2D eigenvalue weighted by Crippen LogP contribution is 2.21. The van der Waals surface area contributed by atoms with Crippen LogP contribution in [0.2, 0.25) is 0 Å². The summed E-state index contributed by atoms with van der Waals surface area (Å²) < 4.78 is 0. The largest absolute Gasteiger partial charge is 0.478 e. The summed E-state index contributed by atoms with van der Waals surface area (Å²) in [4.78, 5) is 17.0. The molecule has 4 heteroatoms. The molecule has 2 aromatic rings. The second-order valence-electron chi connectivity index (χ2n) is 4.48. The van der Waals surface area contributed by atoms with Gasteiger partial charge in [-0.2, -0.15) is 0 Å². The summed E-state index contributed by atoms with van der Waals surface area (Å²) in [5.74, 6) is -0.959. The van der Waals surface area contributed by atoms with Gasteiger partial charge in [-0.25, -0.2) is 4.79 Å². The number of hydrogen-bond donors (Lipinski definition) is 1. The predicted octanol–water partition coefficient (Wildman–Crippen LogP) is 2.72. The van der Waals surface area contributed by atoms with Crippen molar-refractivity contribution in [2.45, 2.75) is 13.5 Å². The number of aromatic nitrogens is 1. The summed E-state index contributed by atoms with van der Waals surface area (Å²) in [6.07, 6.45) is 2.99. The molecule has 0 bridgehead atoms. The molecule has 2 rings (SSSR count). The first-order valence-electron chi connectivity index (χ1n) is 6.02. The molecule has 1 heterocycles. The average Bonchev–Trinajstić information content (AvgIpc) is 2.41. The van der Waals surface area contributed by atoms with Crippen molar-refractivity contribution in [1.82, 2.24) is 4.98 Å². The second-order valence-corrected chi connectivity index (χ2v) is 4.48. The van der Waals surface area contributed by atoms with Gasteiger partial charge in [0, 0.05) is 26.0 Å². The van der Waals surface area contributed by atoms with Gasteiger partial charge in [0.25, 0.3) is 0 Å². The number of anilines is 1. The van der Waals surface area contributed by atoms with Crippen LogP contribution in [0.5, 0.6) is 0 Å². The SMILES string of the molecule is Cc1ccccc1CN(C)c1ccncc1C(=O)O. The van der Waals surface area contributed by atoms with Gasteiger partial charge in [-0.3, -0.25) is 4.98 Å². The number of carboxylic acids is 1. The van der Waals surface area contributed by atoms with Crippen molar-refractivity contribution < 1.29 is 9.90 Å². The molecule has 4 nitrogen and oxygen atoms in total. The molecule has 0 radical (unpaired) electrons. The molecule has 1 aromatic heterocycles. The first kappa shape index (κ1) is 13.1. The zero-order valence-electron chi connectivity index (χ0n) is 11.0. The van der Waals surface area contributed by atoms with Crippen LogP contribution in [0.15, 0.2) is 42.7 Å². The highest BCUT2D eigenvalue weighted by atomic mass is 16.4. The number of pyridine rings is 1. The Morgan fingerprint density at radius 1 is 1.32 bits per heavy atom. The van der Waals surface area contributed by atoms with E-state index in [0.717, 1.165) is 0 Å². The number of carboxylic acid groups (broad SMARTS) is 1. The lowest BCUT2D eigenvalue weighted by molar-refractivity contribution is 0.0697. The summed E-state index contributed by atoms with van der Waals surface area (Å²) in [5, 5.41) is 9.17. The minimum Gasteiger partial charge on any atom is -0.478 e. The van der Waals surface area contributed by atoms with Crippen LogP contribution in [-0.2, 0) is 6.54 Å². The Bertz CT molecular complexity index is 596. The smallest absolute Gasteiger partial charge is 0.339 e. The summed E-state index contributed by atoms with van der Waals surface area (Å²) in [6.45, 7) is 2.71. The van der Waals surface area contributed by atoms with E-state index >= 15 is 0 Å². The lowest BCUT2D eigenvalue weighted by Crippen LogP contribution is -2.20. The van der Waals surface area contributed by atoms with Crippen molar-refractivity contribution in [1.29, 1.82) is 0 Å². The van der Waals surface area contributed by atoms with E-state index in [1.807, 2.05) is 43.1 Å². The van der Waals surface area contributed by atoms with Gasteiger partial charge in [-0.1, -0.05) is 24.3 Å². The molecule has 19 heavy (non-hydrogen) atoms. The first-order chi connectivity index (χ1) is 9.09. The normalized spacial score (nSPS) is 10.2. The molecule has 0 saturated carbocycles. The maximum absolute atomic E-state index is 11.2. The van der Waals surface area contributed by atoms with Crippen LogP contribution < -0.4 is 4.90 Å². The third-order valence-corrected chi connectivity index (χ3v) is 3.11. The topological polar surface area (TPSA) is 53.4 Å². The minimum atomic E-state index is -0.959. The predicted molar refractivity (Wildman–Crippen MR) is 74.5 cm³/mol. The number of aryl methyl sites for hydroxylation is 1. The van der Waals surface area contributed by atoms with Gasteiger partial charge in [-0.15, -0.1) is 0 Å². The molecule has 0 aliphatic rings. The Labute approximate surface area is 112 Å². The summed E-state index contributed by atoms with van der Waals surface area (Å²) in [7, 11) is 1.88. The van der Waals surface area contributed by atoms with Crippen LogP contribution in [0.1, 0.15) is 21.5 Å².